The highest BCUT2D eigenvalue weighted by atomic mass is 16.5. The number of nitrogens with zero attached hydrogens (tertiary/aromatic N) is 1. The summed E-state index contributed by atoms with van der Waals surface area (Å²) in [5, 5.41) is 0. The SMILES string of the molecule is CCC(CC(C)c1ccc(Oc2ccc(C3(c4ccc(C(C)(C)C)cc4)c4ccccc4-c4ccc(N(c5ccccc5)c5ccc6c(c5)C(C)(C)c5ccccc5-6)cc43)cc2)cc1)c1ccc(-c2ccc3c(c2)CC3)cc1. The van der Waals surface area contributed by atoms with Gasteiger partial charge in [0.25, 0.3) is 0 Å². The van der Waals surface area contributed by atoms with Crippen LogP contribution in [0.3, 0.4) is 0 Å². The number of hydrogen-bond donors (Lipinski definition) is 0. The maximum Gasteiger partial charge on any atom is 0.127 e. The molecule has 3 unspecified atom stereocenters. The lowest BCUT2D eigenvalue weighted by Crippen LogP contribution is -2.29. The van der Waals surface area contributed by atoms with Crippen LogP contribution < -0.4 is 9.64 Å². The Labute approximate surface area is 463 Å². The van der Waals surface area contributed by atoms with Crippen molar-refractivity contribution in [1.82, 2.24) is 0 Å². The Morgan fingerprint density at radius 1 is 0.462 bits per heavy atom. The molecule has 3 atom stereocenters. The van der Waals surface area contributed by atoms with Gasteiger partial charge in [0.2, 0.25) is 0 Å². The summed E-state index contributed by atoms with van der Waals surface area (Å²) in [6.45, 7) is 16.3. The minimum absolute atomic E-state index is 0.00963. The summed E-state index contributed by atoms with van der Waals surface area (Å²) >= 11 is 0. The maximum absolute atomic E-state index is 6.71. The minimum atomic E-state index is -0.626. The van der Waals surface area contributed by atoms with Crippen LogP contribution in [0, 0.1) is 0 Å². The average molecular weight is 1010 g/mol. The van der Waals surface area contributed by atoms with Crippen molar-refractivity contribution >= 4 is 17.1 Å². The second-order valence-corrected chi connectivity index (χ2v) is 24.0. The number of hydrogen-bond acceptors (Lipinski definition) is 2. The van der Waals surface area contributed by atoms with E-state index in [9.17, 15) is 0 Å². The van der Waals surface area contributed by atoms with Gasteiger partial charge in [0.1, 0.15) is 11.5 Å². The molecule has 3 aliphatic rings. The Morgan fingerprint density at radius 2 is 0.987 bits per heavy atom. The van der Waals surface area contributed by atoms with Crippen molar-refractivity contribution in [3.05, 3.63) is 292 Å². The molecule has 0 aliphatic heterocycles. The first-order valence-electron chi connectivity index (χ1n) is 28.4. The molecule has 0 amide bonds. The van der Waals surface area contributed by atoms with Crippen LogP contribution in [-0.2, 0) is 29.1 Å². The van der Waals surface area contributed by atoms with E-state index in [1.807, 2.05) is 0 Å². The number of aryl methyl sites for hydroxylation is 2. The quantitative estimate of drug-likeness (QED) is 0.114. The van der Waals surface area contributed by atoms with Gasteiger partial charge in [-0.3, -0.25) is 0 Å². The van der Waals surface area contributed by atoms with Crippen molar-refractivity contribution < 1.29 is 4.74 Å². The van der Waals surface area contributed by atoms with Gasteiger partial charge in [-0.15, -0.1) is 0 Å². The number of ether oxygens (including phenoxy) is 1. The Balaban J connectivity index is 0.831. The predicted molar refractivity (Wildman–Crippen MR) is 327 cm³/mol. The fraction of sp³-hybridized carbons (Fsp3) is 0.211. The van der Waals surface area contributed by atoms with Crippen molar-refractivity contribution in [3.63, 3.8) is 0 Å². The Hall–Kier alpha value is -8.20. The molecule has 78 heavy (non-hydrogen) atoms. The smallest absolute Gasteiger partial charge is 0.127 e. The molecule has 0 saturated heterocycles. The van der Waals surface area contributed by atoms with E-state index in [1.165, 1.54) is 107 Å². The second kappa shape index (κ2) is 19.4. The van der Waals surface area contributed by atoms with E-state index in [2.05, 4.69) is 284 Å². The first-order chi connectivity index (χ1) is 37.9. The van der Waals surface area contributed by atoms with Crippen molar-refractivity contribution in [3.8, 4) is 44.9 Å². The molecule has 2 nitrogen and oxygen atoms in total. The summed E-state index contributed by atoms with van der Waals surface area (Å²) < 4.78 is 6.71. The molecule has 0 aromatic heterocycles. The lowest BCUT2D eigenvalue weighted by molar-refractivity contribution is 0.481. The molecule has 13 rings (SSSR count). The third-order valence-electron chi connectivity index (χ3n) is 18.0. The van der Waals surface area contributed by atoms with Gasteiger partial charge in [0.05, 0.1) is 5.41 Å². The van der Waals surface area contributed by atoms with Crippen LogP contribution >= 0.6 is 0 Å². The Kier molecular flexibility index (Phi) is 12.3. The molecule has 0 radical (unpaired) electrons. The van der Waals surface area contributed by atoms with E-state index in [-0.39, 0.29) is 10.8 Å². The van der Waals surface area contributed by atoms with E-state index in [0.29, 0.717) is 11.8 Å². The number of benzene rings is 10. The first-order valence-corrected chi connectivity index (χ1v) is 28.4. The topological polar surface area (TPSA) is 12.5 Å². The number of anilines is 3. The third-order valence-corrected chi connectivity index (χ3v) is 18.0. The van der Waals surface area contributed by atoms with E-state index < -0.39 is 5.41 Å². The molecule has 10 aromatic rings. The molecule has 384 valence electrons. The van der Waals surface area contributed by atoms with Gasteiger partial charge >= 0.3 is 0 Å². The fourth-order valence-corrected chi connectivity index (χ4v) is 13.5. The van der Waals surface area contributed by atoms with E-state index in [0.717, 1.165) is 41.4 Å². The van der Waals surface area contributed by atoms with Crippen molar-refractivity contribution in [2.75, 3.05) is 4.90 Å². The van der Waals surface area contributed by atoms with Gasteiger partial charge in [-0.2, -0.15) is 0 Å². The predicted octanol–water partition coefficient (Wildman–Crippen LogP) is 20.4. The summed E-state index contributed by atoms with van der Waals surface area (Å²) in [5.41, 5.74) is 25.2. The summed E-state index contributed by atoms with van der Waals surface area (Å²) in [4.78, 5) is 2.45. The van der Waals surface area contributed by atoms with Gasteiger partial charge in [-0.25, -0.2) is 0 Å². The fourth-order valence-electron chi connectivity index (χ4n) is 13.5. The summed E-state index contributed by atoms with van der Waals surface area (Å²) in [7, 11) is 0. The van der Waals surface area contributed by atoms with Crippen LogP contribution in [0.4, 0.5) is 17.1 Å². The maximum atomic E-state index is 6.71. The largest absolute Gasteiger partial charge is 0.457 e. The van der Waals surface area contributed by atoms with E-state index in [4.69, 9.17) is 4.74 Å². The molecule has 0 fully saturated rings. The van der Waals surface area contributed by atoms with Crippen LogP contribution in [0.2, 0.25) is 0 Å². The normalized spacial score (nSPS) is 16.2. The molecule has 0 N–H and O–H groups in total. The van der Waals surface area contributed by atoms with Gasteiger partial charge in [0, 0.05) is 22.5 Å². The molecule has 0 saturated carbocycles. The van der Waals surface area contributed by atoms with Crippen molar-refractivity contribution in [2.24, 2.45) is 0 Å². The standard InChI is InChI=1S/C76H69NO/c1-8-51(53-22-24-54(25-23-53)56-28-26-55-27-29-57(55)47-56)46-50(2)52-30-40-64(41-31-52)78-65-42-36-60(37-43-65)76(59-34-32-58(33-35-59)74(3,4)5)71-21-15-13-19-67(71)69-45-39-63(49-73(69)76)77(61-16-10-9-11-17-61)62-38-44-68-66-18-12-14-20-70(66)75(6,7)72(68)48-62/h9-26,28,30-45,47-51H,8,27,29,46H2,1-7H3. The first kappa shape index (κ1) is 49.4. The van der Waals surface area contributed by atoms with Crippen LogP contribution in [0.25, 0.3) is 33.4 Å². The van der Waals surface area contributed by atoms with Crippen molar-refractivity contribution in [1.29, 1.82) is 0 Å². The monoisotopic (exact) mass is 1010 g/mol. The Morgan fingerprint density at radius 3 is 1.60 bits per heavy atom. The van der Waals surface area contributed by atoms with Gasteiger partial charge in [0.15, 0.2) is 0 Å². The zero-order valence-electron chi connectivity index (χ0n) is 46.3. The molecule has 0 spiro atoms. The molecule has 10 aromatic carbocycles. The van der Waals surface area contributed by atoms with Crippen LogP contribution in [0.1, 0.15) is 134 Å². The lowest BCUT2D eigenvalue weighted by atomic mass is 9.67. The second-order valence-electron chi connectivity index (χ2n) is 24.0. The molecular weight excluding hydrogens is 943 g/mol. The molecule has 2 heteroatoms. The highest BCUT2D eigenvalue weighted by molar-refractivity contribution is 5.91. The average Bonchev–Trinajstić information content (AvgIpc) is 4.13. The Bertz CT molecular complexity index is 3840. The lowest BCUT2D eigenvalue weighted by Gasteiger charge is -2.35. The van der Waals surface area contributed by atoms with E-state index >= 15 is 0 Å². The summed E-state index contributed by atoms with van der Waals surface area (Å²) in [6, 6.07) is 86.7. The number of para-hydroxylation sites is 1. The van der Waals surface area contributed by atoms with Crippen molar-refractivity contribution in [2.45, 2.75) is 102 Å². The van der Waals surface area contributed by atoms with Crippen LogP contribution in [-0.4, -0.2) is 0 Å². The van der Waals surface area contributed by atoms with Crippen LogP contribution in [0.15, 0.2) is 231 Å². The number of rotatable bonds is 13. The zero-order valence-corrected chi connectivity index (χ0v) is 46.3. The minimum Gasteiger partial charge on any atom is -0.457 e. The van der Waals surface area contributed by atoms with Crippen LogP contribution in [0.5, 0.6) is 11.5 Å². The van der Waals surface area contributed by atoms with Gasteiger partial charge in [-0.1, -0.05) is 218 Å². The highest BCUT2D eigenvalue weighted by Gasteiger charge is 2.47. The van der Waals surface area contributed by atoms with Gasteiger partial charge < -0.3 is 9.64 Å². The highest BCUT2D eigenvalue weighted by Crippen LogP contribution is 2.58. The summed E-state index contributed by atoms with van der Waals surface area (Å²) in [5.74, 6) is 2.55. The van der Waals surface area contributed by atoms with Gasteiger partial charge in [-0.05, 0) is 198 Å². The molecule has 0 heterocycles. The summed E-state index contributed by atoms with van der Waals surface area (Å²) in [6.07, 6.45) is 4.64. The molecular formula is C76H69NO. The zero-order chi connectivity index (χ0) is 53.3. The molecule has 0 bridgehead atoms. The van der Waals surface area contributed by atoms with E-state index in [1.54, 1.807) is 0 Å². The molecule has 3 aliphatic carbocycles. The third kappa shape index (κ3) is 8.40. The number of fused-ring (bicyclic) bond motifs is 7.